The zero-order chi connectivity index (χ0) is 27.3. The standard InChI is InChI=1S/C35H25BN3O2/c1-40-25-17-19-26-24(20-25)16-18-28-32(23-12-6-3-7-13-23)35-38-34-29(22-10-4-2-5-11-22)21-30(37-34)27-14-8-9-15-31(27)41-36-39(35)33(26)28/h2-15,17,19-21H,16,18H2,1H3/b38-34+. The molecule has 195 valence electrons. The number of hydrogen-bond acceptors (Lipinski definition) is 4. The largest absolute Gasteiger partial charge is 0.542 e. The predicted molar refractivity (Wildman–Crippen MR) is 166 cm³/mol. The van der Waals surface area contributed by atoms with Crippen molar-refractivity contribution in [2.24, 2.45) is 9.98 Å². The summed E-state index contributed by atoms with van der Waals surface area (Å²) in [5.41, 5.74) is 10.8. The molecule has 41 heavy (non-hydrogen) atoms. The summed E-state index contributed by atoms with van der Waals surface area (Å²) in [6.45, 7) is 0. The summed E-state index contributed by atoms with van der Waals surface area (Å²) in [4.78, 5) is 10.5. The molecule has 1 radical (unpaired) electrons. The lowest BCUT2D eigenvalue weighted by Crippen LogP contribution is -2.18. The molecule has 4 aromatic carbocycles. The summed E-state index contributed by atoms with van der Waals surface area (Å²) in [5.74, 6) is 3.12. The molecule has 1 aromatic heterocycles. The van der Waals surface area contributed by atoms with E-state index in [-0.39, 0.29) is 0 Å². The fourth-order valence-corrected chi connectivity index (χ4v) is 6.13. The average Bonchev–Trinajstić information content (AvgIpc) is 3.59. The molecular formula is C35H25BN3O2. The molecule has 5 aromatic rings. The summed E-state index contributed by atoms with van der Waals surface area (Å²) >= 11 is 0. The fourth-order valence-electron chi connectivity index (χ4n) is 6.13. The van der Waals surface area contributed by atoms with Crippen LogP contribution in [0.1, 0.15) is 22.3 Å². The Kier molecular flexibility index (Phi) is 5.52. The Morgan fingerprint density at radius 2 is 1.54 bits per heavy atom. The lowest BCUT2D eigenvalue weighted by atomic mass is 9.86. The smallest absolute Gasteiger partial charge is 0.527 e. The first-order valence-electron chi connectivity index (χ1n) is 13.8. The Bertz CT molecular complexity index is 1920. The molecule has 6 heteroatoms. The highest BCUT2D eigenvalue weighted by molar-refractivity contribution is 6.39. The normalized spacial score (nSPS) is 15.9. The van der Waals surface area contributed by atoms with Gasteiger partial charge in [-0.1, -0.05) is 72.8 Å². The first-order valence-corrected chi connectivity index (χ1v) is 13.8. The first kappa shape index (κ1) is 23.8. The van der Waals surface area contributed by atoms with E-state index in [1.807, 2.05) is 44.0 Å². The van der Waals surface area contributed by atoms with Gasteiger partial charge in [0.05, 0.1) is 12.8 Å². The Hall–Kier alpha value is -5.10. The maximum Gasteiger partial charge on any atom is 0.527 e. The van der Waals surface area contributed by atoms with Crippen LogP contribution < -0.4 is 9.39 Å². The number of benzene rings is 4. The molecular weight excluding hydrogens is 505 g/mol. The van der Waals surface area contributed by atoms with E-state index in [4.69, 9.17) is 19.4 Å². The van der Waals surface area contributed by atoms with E-state index in [9.17, 15) is 0 Å². The van der Waals surface area contributed by atoms with E-state index in [2.05, 4.69) is 77.3 Å². The third-order valence-corrected chi connectivity index (χ3v) is 8.05. The summed E-state index contributed by atoms with van der Waals surface area (Å²) in [7, 11) is 3.53. The van der Waals surface area contributed by atoms with Crippen LogP contribution in [-0.2, 0) is 12.8 Å². The van der Waals surface area contributed by atoms with Gasteiger partial charge in [-0.3, -0.25) is 0 Å². The molecule has 2 aliphatic heterocycles. The molecule has 5 nitrogen and oxygen atoms in total. The van der Waals surface area contributed by atoms with Crippen molar-refractivity contribution in [1.82, 2.24) is 4.48 Å². The van der Waals surface area contributed by atoms with Gasteiger partial charge in [0.25, 0.3) is 0 Å². The number of nitrogens with zero attached hydrogens (tertiary/aromatic N) is 3. The minimum Gasteiger partial charge on any atom is -0.542 e. The zero-order valence-corrected chi connectivity index (χ0v) is 22.5. The number of aliphatic imine (C=N–C) groups is 2. The van der Waals surface area contributed by atoms with Crippen molar-refractivity contribution in [3.05, 3.63) is 131 Å². The molecule has 0 saturated carbocycles. The molecule has 0 saturated heterocycles. The molecule has 0 spiro atoms. The molecule has 0 N–H and O–H groups in total. The number of fused-ring (bicyclic) bond motifs is 8. The number of allylic oxidation sites excluding steroid dienone is 1. The highest BCUT2D eigenvalue weighted by atomic mass is 16.5. The summed E-state index contributed by atoms with van der Waals surface area (Å²) in [6, 6.07) is 35.3. The van der Waals surface area contributed by atoms with Crippen LogP contribution in [0.15, 0.2) is 119 Å². The Balaban J connectivity index is 1.45. The Morgan fingerprint density at radius 1 is 0.780 bits per heavy atom. The third-order valence-electron chi connectivity index (χ3n) is 8.05. The van der Waals surface area contributed by atoms with Crippen LogP contribution in [0.2, 0.25) is 0 Å². The topological polar surface area (TPSA) is 48.1 Å². The monoisotopic (exact) mass is 530 g/mol. The minimum atomic E-state index is 0.694. The highest BCUT2D eigenvalue weighted by Crippen LogP contribution is 2.48. The molecule has 3 heterocycles. The van der Waals surface area contributed by atoms with E-state index < -0.39 is 0 Å². The van der Waals surface area contributed by atoms with Gasteiger partial charge in [0.1, 0.15) is 17.3 Å². The van der Waals surface area contributed by atoms with E-state index >= 15 is 0 Å². The van der Waals surface area contributed by atoms with Crippen LogP contribution in [0.25, 0.3) is 28.0 Å². The third kappa shape index (κ3) is 3.86. The van der Waals surface area contributed by atoms with Gasteiger partial charge in [0.15, 0.2) is 5.84 Å². The van der Waals surface area contributed by atoms with E-state index in [0.29, 0.717) is 5.84 Å². The molecule has 0 unspecified atom stereocenters. The number of aromatic nitrogens is 1. The van der Waals surface area contributed by atoms with Crippen LogP contribution in [0.3, 0.4) is 0 Å². The maximum absolute atomic E-state index is 6.49. The van der Waals surface area contributed by atoms with Gasteiger partial charge < -0.3 is 13.9 Å². The highest BCUT2D eigenvalue weighted by Gasteiger charge is 2.32. The van der Waals surface area contributed by atoms with Crippen molar-refractivity contribution in [2.75, 3.05) is 7.11 Å². The van der Waals surface area contributed by atoms with Crippen molar-refractivity contribution >= 4 is 30.6 Å². The first-order chi connectivity index (χ1) is 20.3. The van der Waals surface area contributed by atoms with Gasteiger partial charge in [-0.25, -0.2) is 9.98 Å². The lowest BCUT2D eigenvalue weighted by Gasteiger charge is -2.21. The molecule has 1 aliphatic carbocycles. The van der Waals surface area contributed by atoms with Crippen LogP contribution in [-0.4, -0.2) is 30.8 Å². The summed E-state index contributed by atoms with van der Waals surface area (Å²) in [5, 5.41) is 0. The number of ether oxygens (including phenoxy) is 1. The van der Waals surface area contributed by atoms with Crippen molar-refractivity contribution in [3.63, 3.8) is 0 Å². The van der Waals surface area contributed by atoms with E-state index in [0.717, 1.165) is 75.0 Å². The van der Waals surface area contributed by atoms with Crippen molar-refractivity contribution in [2.45, 2.75) is 12.8 Å². The Labute approximate surface area is 239 Å². The SMILES string of the molecule is COc1ccc2c(c1)CCc1c(-c3ccccc3)c3n(c1-2)[B]Oc1ccccc1C1=N/C(=N/3)C(c2ccccc2)=C1. The van der Waals surface area contributed by atoms with Crippen LogP contribution in [0, 0.1) is 0 Å². The summed E-state index contributed by atoms with van der Waals surface area (Å²) in [6.07, 6.45) is 3.92. The van der Waals surface area contributed by atoms with Crippen LogP contribution in [0.4, 0.5) is 5.82 Å². The maximum atomic E-state index is 6.49. The minimum absolute atomic E-state index is 0.694. The van der Waals surface area contributed by atoms with E-state index in [1.165, 1.54) is 11.1 Å². The van der Waals surface area contributed by atoms with Crippen molar-refractivity contribution in [3.8, 4) is 33.9 Å². The second kappa shape index (κ2) is 9.52. The molecule has 3 aliphatic rings. The molecule has 0 fully saturated rings. The molecule has 0 amide bonds. The van der Waals surface area contributed by atoms with Gasteiger partial charge in [-0.15, -0.1) is 0 Å². The average molecular weight is 530 g/mol. The fraction of sp³-hybridized carbons (Fsp3) is 0.0857. The van der Waals surface area contributed by atoms with Gasteiger partial charge in [-0.05, 0) is 71.5 Å². The number of aryl methyl sites for hydroxylation is 1. The molecule has 2 bridgehead atoms. The number of hydrogen-bond donors (Lipinski definition) is 0. The Morgan fingerprint density at radius 3 is 2.34 bits per heavy atom. The molecule has 0 atom stereocenters. The second-order valence-electron chi connectivity index (χ2n) is 10.4. The zero-order valence-electron chi connectivity index (χ0n) is 22.5. The van der Waals surface area contributed by atoms with E-state index in [1.54, 1.807) is 7.11 Å². The second-order valence-corrected chi connectivity index (χ2v) is 10.4. The van der Waals surface area contributed by atoms with Crippen molar-refractivity contribution < 1.29 is 9.39 Å². The molecule has 8 rings (SSSR count). The van der Waals surface area contributed by atoms with Crippen molar-refractivity contribution in [1.29, 1.82) is 0 Å². The quantitative estimate of drug-likeness (QED) is 0.230. The van der Waals surface area contributed by atoms with Crippen LogP contribution >= 0.6 is 0 Å². The lowest BCUT2D eigenvalue weighted by molar-refractivity contribution is 0.414. The van der Waals surface area contributed by atoms with Gasteiger partial charge in [0, 0.05) is 28.0 Å². The van der Waals surface area contributed by atoms with Gasteiger partial charge in [-0.2, -0.15) is 0 Å². The predicted octanol–water partition coefficient (Wildman–Crippen LogP) is 7.32. The number of methoxy groups -OCH3 is 1. The van der Waals surface area contributed by atoms with Gasteiger partial charge in [0.2, 0.25) is 0 Å². The summed E-state index contributed by atoms with van der Waals surface area (Å²) < 4.78 is 14.2. The van der Waals surface area contributed by atoms with Gasteiger partial charge >= 0.3 is 7.62 Å². The number of para-hydroxylation sites is 1. The van der Waals surface area contributed by atoms with Crippen LogP contribution in [0.5, 0.6) is 11.5 Å². The number of amidine groups is 1. The number of rotatable bonds is 3.